The Labute approximate surface area is 98.9 Å². The fourth-order valence-electron chi connectivity index (χ4n) is 1.26. The number of ether oxygens (including phenoxy) is 1. The molecule has 0 saturated heterocycles. The minimum absolute atomic E-state index is 0.161. The molecule has 0 radical (unpaired) electrons. The Morgan fingerprint density at radius 2 is 2.20 bits per heavy atom. The van der Waals surface area contributed by atoms with Gasteiger partial charge in [-0.3, -0.25) is 4.68 Å². The van der Waals surface area contributed by atoms with Crippen molar-refractivity contribution in [3.63, 3.8) is 0 Å². The van der Waals surface area contributed by atoms with Gasteiger partial charge in [0.15, 0.2) is 0 Å². The van der Waals surface area contributed by atoms with Crippen LogP contribution in [-0.2, 0) is 11.8 Å². The quantitative estimate of drug-likeness (QED) is 0.918. The molecule has 1 aromatic rings. The number of aryl methyl sites for hydroxylation is 1. The van der Waals surface area contributed by atoms with Crippen molar-refractivity contribution in [3.8, 4) is 0 Å². The molecule has 2 N–H and O–H groups in total. The summed E-state index contributed by atoms with van der Waals surface area (Å²) in [6, 6.07) is -0.161. The van der Waals surface area contributed by atoms with E-state index in [0.29, 0.717) is 6.61 Å². The molecule has 15 heavy (non-hydrogen) atoms. The number of aromatic nitrogens is 2. The van der Waals surface area contributed by atoms with Crippen LogP contribution in [0, 0.1) is 0 Å². The lowest BCUT2D eigenvalue weighted by Crippen LogP contribution is -2.27. The Hall–Kier alpha value is -0.390. The van der Waals surface area contributed by atoms with Crippen LogP contribution in [0.3, 0.4) is 0 Å². The van der Waals surface area contributed by atoms with Gasteiger partial charge in [-0.05, 0) is 36.7 Å². The van der Waals surface area contributed by atoms with E-state index in [0.717, 1.165) is 10.2 Å². The number of nitrogens with zero attached hydrogens (tertiary/aromatic N) is 2. The third-order valence-corrected chi connectivity index (χ3v) is 2.60. The minimum Gasteiger partial charge on any atom is -0.374 e. The minimum atomic E-state index is -0.164. The summed E-state index contributed by atoms with van der Waals surface area (Å²) in [4.78, 5) is 0. The Morgan fingerprint density at radius 1 is 1.60 bits per heavy atom. The molecule has 1 unspecified atom stereocenters. The van der Waals surface area contributed by atoms with E-state index in [2.05, 4.69) is 21.0 Å². The lowest BCUT2D eigenvalue weighted by Gasteiger charge is -2.22. The Morgan fingerprint density at radius 3 is 2.60 bits per heavy atom. The van der Waals surface area contributed by atoms with Gasteiger partial charge in [-0.15, -0.1) is 0 Å². The highest BCUT2D eigenvalue weighted by molar-refractivity contribution is 9.10. The van der Waals surface area contributed by atoms with Gasteiger partial charge in [-0.25, -0.2) is 0 Å². The third kappa shape index (κ3) is 3.59. The average molecular weight is 276 g/mol. The molecule has 4 nitrogen and oxygen atoms in total. The molecule has 0 aliphatic rings. The summed E-state index contributed by atoms with van der Waals surface area (Å²) in [6.07, 6.45) is 1.74. The standard InChI is InChI=1S/C10H18BrN3O/c1-10(2,3)15-6-8(12)9-7(11)5-13-14(9)4/h5,8H,6,12H2,1-4H3. The maximum absolute atomic E-state index is 6.03. The second kappa shape index (κ2) is 4.63. The van der Waals surface area contributed by atoms with E-state index < -0.39 is 0 Å². The van der Waals surface area contributed by atoms with E-state index >= 15 is 0 Å². The largest absolute Gasteiger partial charge is 0.374 e. The molecule has 0 fully saturated rings. The molecule has 0 aliphatic heterocycles. The van der Waals surface area contributed by atoms with Gasteiger partial charge in [0.1, 0.15) is 0 Å². The molecule has 0 bridgehead atoms. The second-order valence-corrected chi connectivity index (χ2v) is 5.39. The van der Waals surface area contributed by atoms with Crippen LogP contribution in [0.5, 0.6) is 0 Å². The van der Waals surface area contributed by atoms with Gasteiger partial charge in [0, 0.05) is 7.05 Å². The highest BCUT2D eigenvalue weighted by Gasteiger charge is 2.18. The van der Waals surface area contributed by atoms with Crippen LogP contribution in [0.1, 0.15) is 32.5 Å². The normalized spacial score (nSPS) is 14.3. The molecule has 0 aliphatic carbocycles. The SMILES string of the molecule is Cn1ncc(Br)c1C(N)COC(C)(C)C. The topological polar surface area (TPSA) is 53.1 Å². The van der Waals surface area contributed by atoms with Crippen molar-refractivity contribution in [2.45, 2.75) is 32.4 Å². The summed E-state index contributed by atoms with van der Waals surface area (Å²) in [5.74, 6) is 0. The van der Waals surface area contributed by atoms with Crippen molar-refractivity contribution < 1.29 is 4.74 Å². The van der Waals surface area contributed by atoms with Gasteiger partial charge >= 0.3 is 0 Å². The van der Waals surface area contributed by atoms with Gasteiger partial charge in [-0.1, -0.05) is 0 Å². The fourth-order valence-corrected chi connectivity index (χ4v) is 1.90. The highest BCUT2D eigenvalue weighted by atomic mass is 79.9. The van der Waals surface area contributed by atoms with E-state index in [1.54, 1.807) is 10.9 Å². The van der Waals surface area contributed by atoms with E-state index in [1.165, 1.54) is 0 Å². The van der Waals surface area contributed by atoms with Gasteiger partial charge in [0.2, 0.25) is 0 Å². The van der Waals surface area contributed by atoms with Crippen LogP contribution < -0.4 is 5.73 Å². The molecular formula is C10H18BrN3O. The first kappa shape index (κ1) is 12.7. The van der Waals surface area contributed by atoms with Crippen molar-refractivity contribution in [2.24, 2.45) is 12.8 Å². The predicted molar refractivity (Wildman–Crippen MR) is 63.5 cm³/mol. The monoisotopic (exact) mass is 275 g/mol. The molecule has 1 aromatic heterocycles. The maximum atomic E-state index is 6.03. The molecule has 1 atom stereocenters. The van der Waals surface area contributed by atoms with E-state index in [-0.39, 0.29) is 11.6 Å². The molecule has 0 spiro atoms. The van der Waals surface area contributed by atoms with Crippen LogP contribution in [0.2, 0.25) is 0 Å². The number of nitrogens with two attached hydrogens (primary N) is 1. The number of halogens is 1. The maximum Gasteiger partial charge on any atom is 0.0716 e. The second-order valence-electron chi connectivity index (χ2n) is 4.53. The first-order valence-corrected chi connectivity index (χ1v) is 5.67. The van der Waals surface area contributed by atoms with Gasteiger partial charge in [0.05, 0.1) is 34.6 Å². The van der Waals surface area contributed by atoms with E-state index in [1.807, 2.05) is 27.8 Å². The summed E-state index contributed by atoms with van der Waals surface area (Å²) < 4.78 is 8.33. The average Bonchev–Trinajstić information content (AvgIpc) is 2.41. The molecule has 86 valence electrons. The first-order chi connectivity index (χ1) is 6.81. The summed E-state index contributed by atoms with van der Waals surface area (Å²) in [6.45, 7) is 6.52. The molecule has 0 amide bonds. The smallest absolute Gasteiger partial charge is 0.0716 e. The fraction of sp³-hybridized carbons (Fsp3) is 0.700. The van der Waals surface area contributed by atoms with Crippen LogP contribution in [0.15, 0.2) is 10.7 Å². The summed E-state index contributed by atoms with van der Waals surface area (Å²) >= 11 is 3.42. The Kier molecular flexibility index (Phi) is 3.92. The number of rotatable bonds is 3. The van der Waals surface area contributed by atoms with Crippen LogP contribution >= 0.6 is 15.9 Å². The molecule has 0 saturated carbocycles. The van der Waals surface area contributed by atoms with Crippen LogP contribution in [-0.4, -0.2) is 22.0 Å². The zero-order chi connectivity index (χ0) is 11.6. The van der Waals surface area contributed by atoms with Crippen molar-refractivity contribution in [3.05, 3.63) is 16.4 Å². The van der Waals surface area contributed by atoms with E-state index in [4.69, 9.17) is 10.5 Å². The Bertz CT molecular complexity index is 310. The van der Waals surface area contributed by atoms with Crippen molar-refractivity contribution in [1.29, 1.82) is 0 Å². The van der Waals surface area contributed by atoms with E-state index in [9.17, 15) is 0 Å². The van der Waals surface area contributed by atoms with Gasteiger partial charge < -0.3 is 10.5 Å². The summed E-state index contributed by atoms with van der Waals surface area (Å²) in [7, 11) is 1.87. The van der Waals surface area contributed by atoms with Crippen molar-refractivity contribution in [1.82, 2.24) is 9.78 Å². The molecule has 0 aromatic carbocycles. The van der Waals surface area contributed by atoms with Gasteiger partial charge in [-0.2, -0.15) is 5.10 Å². The molecule has 1 heterocycles. The predicted octanol–water partition coefficient (Wildman–Crippen LogP) is 2.00. The molecule has 5 heteroatoms. The van der Waals surface area contributed by atoms with Crippen LogP contribution in [0.25, 0.3) is 0 Å². The Balaban J connectivity index is 2.65. The van der Waals surface area contributed by atoms with Crippen molar-refractivity contribution in [2.75, 3.05) is 6.61 Å². The number of hydrogen-bond acceptors (Lipinski definition) is 3. The van der Waals surface area contributed by atoms with Crippen LogP contribution in [0.4, 0.5) is 0 Å². The lowest BCUT2D eigenvalue weighted by atomic mass is 10.2. The lowest BCUT2D eigenvalue weighted by molar-refractivity contribution is -0.0111. The zero-order valence-corrected chi connectivity index (χ0v) is 11.2. The third-order valence-electron chi connectivity index (χ3n) is 1.98. The molecule has 1 rings (SSSR count). The number of hydrogen-bond donors (Lipinski definition) is 1. The summed E-state index contributed by atoms with van der Waals surface area (Å²) in [5.41, 5.74) is 6.83. The van der Waals surface area contributed by atoms with Crippen molar-refractivity contribution >= 4 is 15.9 Å². The molecular weight excluding hydrogens is 258 g/mol. The summed E-state index contributed by atoms with van der Waals surface area (Å²) in [5, 5.41) is 4.12. The van der Waals surface area contributed by atoms with Gasteiger partial charge in [0.25, 0.3) is 0 Å². The first-order valence-electron chi connectivity index (χ1n) is 4.88. The zero-order valence-electron chi connectivity index (χ0n) is 9.62. The highest BCUT2D eigenvalue weighted by Crippen LogP contribution is 2.22.